The molecule has 0 radical (unpaired) electrons. The Morgan fingerprint density at radius 1 is 1.05 bits per heavy atom. The minimum Gasteiger partial charge on any atom is -0.398 e. The van der Waals surface area contributed by atoms with E-state index in [0.717, 1.165) is 12.1 Å². The summed E-state index contributed by atoms with van der Waals surface area (Å²) >= 11 is 11.6. The number of nitrogen functional groups attached to an aromatic ring is 1. The van der Waals surface area contributed by atoms with Gasteiger partial charge >= 0.3 is 0 Å². The van der Waals surface area contributed by atoms with E-state index in [4.69, 9.17) is 28.9 Å². The molecule has 0 saturated carbocycles. The first kappa shape index (κ1) is 15.1. The third-order valence-corrected chi connectivity index (χ3v) is 5.03. The number of benzene rings is 2. The minimum atomic E-state index is -3.63. The predicted octanol–water partition coefficient (Wildman–Crippen LogP) is 3.69. The summed E-state index contributed by atoms with van der Waals surface area (Å²) in [6.45, 7) is 0. The lowest BCUT2D eigenvalue weighted by Gasteiger charge is -2.08. The number of nitrogens with two attached hydrogens (primary N) is 1. The van der Waals surface area contributed by atoms with Gasteiger partial charge in [0, 0.05) is 5.02 Å². The van der Waals surface area contributed by atoms with Gasteiger partial charge in [-0.2, -0.15) is 0 Å². The molecule has 0 bridgehead atoms. The molecule has 2 aromatic carbocycles. The summed E-state index contributed by atoms with van der Waals surface area (Å²) in [7, 11) is -3.63. The molecule has 0 atom stereocenters. The molecular weight excluding hydrogens is 324 g/mol. The van der Waals surface area contributed by atoms with Crippen LogP contribution in [0.1, 0.15) is 5.56 Å². The van der Waals surface area contributed by atoms with Crippen molar-refractivity contribution in [3.63, 3.8) is 0 Å². The van der Waals surface area contributed by atoms with E-state index in [9.17, 15) is 12.8 Å². The van der Waals surface area contributed by atoms with Crippen LogP contribution >= 0.6 is 23.2 Å². The Labute approximate surface area is 126 Å². The topological polar surface area (TPSA) is 60.2 Å². The molecule has 2 rings (SSSR count). The molecule has 7 heteroatoms. The molecule has 0 saturated heterocycles. The SMILES string of the molecule is Nc1ccc(S(=O)(=O)Cc2ccc(F)cc2Cl)cc1Cl. The molecule has 0 heterocycles. The van der Waals surface area contributed by atoms with Crippen LogP contribution in [0.4, 0.5) is 10.1 Å². The molecule has 0 aliphatic heterocycles. The summed E-state index contributed by atoms with van der Waals surface area (Å²) in [5, 5.41) is 0.228. The summed E-state index contributed by atoms with van der Waals surface area (Å²) in [6.07, 6.45) is 0. The summed E-state index contributed by atoms with van der Waals surface area (Å²) in [5.74, 6) is -0.863. The highest BCUT2D eigenvalue weighted by Gasteiger charge is 2.18. The maximum Gasteiger partial charge on any atom is 0.182 e. The fourth-order valence-electron chi connectivity index (χ4n) is 1.63. The van der Waals surface area contributed by atoms with Crippen molar-refractivity contribution >= 4 is 38.7 Å². The van der Waals surface area contributed by atoms with E-state index in [2.05, 4.69) is 0 Å². The van der Waals surface area contributed by atoms with Crippen LogP contribution in [0.2, 0.25) is 10.0 Å². The number of sulfone groups is 1. The highest BCUT2D eigenvalue weighted by Crippen LogP contribution is 2.27. The zero-order chi connectivity index (χ0) is 14.9. The standard InChI is InChI=1S/C13H10Cl2FNO2S/c14-11-5-9(16)2-1-8(11)7-20(18,19)10-3-4-13(17)12(15)6-10/h1-6H,7,17H2. The molecule has 0 unspecified atom stereocenters. The molecule has 20 heavy (non-hydrogen) atoms. The van der Waals surface area contributed by atoms with Gasteiger partial charge in [0.25, 0.3) is 0 Å². The smallest absolute Gasteiger partial charge is 0.182 e. The molecule has 2 N–H and O–H groups in total. The van der Waals surface area contributed by atoms with Crippen LogP contribution in [-0.4, -0.2) is 8.42 Å². The van der Waals surface area contributed by atoms with Crippen molar-refractivity contribution in [2.75, 3.05) is 5.73 Å². The number of rotatable bonds is 3. The normalized spacial score (nSPS) is 11.6. The first-order valence-corrected chi connectivity index (χ1v) is 7.92. The molecule has 106 valence electrons. The van der Waals surface area contributed by atoms with Crippen LogP contribution in [0.25, 0.3) is 0 Å². The van der Waals surface area contributed by atoms with Crippen molar-refractivity contribution < 1.29 is 12.8 Å². The highest BCUT2D eigenvalue weighted by atomic mass is 35.5. The van der Waals surface area contributed by atoms with Crippen molar-refractivity contribution in [2.45, 2.75) is 10.6 Å². The number of hydrogen-bond donors (Lipinski definition) is 1. The Balaban J connectivity index is 2.38. The van der Waals surface area contributed by atoms with E-state index >= 15 is 0 Å². The Morgan fingerprint density at radius 2 is 1.75 bits per heavy atom. The molecule has 0 aliphatic carbocycles. The molecule has 0 amide bonds. The van der Waals surface area contributed by atoms with Gasteiger partial charge in [0.2, 0.25) is 0 Å². The monoisotopic (exact) mass is 333 g/mol. The van der Waals surface area contributed by atoms with Crippen molar-refractivity contribution in [2.24, 2.45) is 0 Å². The van der Waals surface area contributed by atoms with Crippen LogP contribution in [0.3, 0.4) is 0 Å². The van der Waals surface area contributed by atoms with E-state index < -0.39 is 15.7 Å². The fourth-order valence-corrected chi connectivity index (χ4v) is 3.59. The number of hydrogen-bond acceptors (Lipinski definition) is 3. The second-order valence-corrected chi connectivity index (χ2v) is 6.98. The van der Waals surface area contributed by atoms with E-state index in [-0.39, 0.29) is 20.7 Å². The molecule has 0 fully saturated rings. The van der Waals surface area contributed by atoms with Gasteiger partial charge in [-0.3, -0.25) is 0 Å². The maximum atomic E-state index is 12.9. The average molecular weight is 334 g/mol. The molecule has 3 nitrogen and oxygen atoms in total. The molecule has 0 aliphatic rings. The lowest BCUT2D eigenvalue weighted by Crippen LogP contribution is -2.06. The Bertz CT molecular complexity index is 763. The van der Waals surface area contributed by atoms with Gasteiger partial charge in [0.15, 0.2) is 9.84 Å². The lowest BCUT2D eigenvalue weighted by atomic mass is 10.2. The Morgan fingerprint density at radius 3 is 2.35 bits per heavy atom. The number of anilines is 1. The number of halogens is 3. The lowest BCUT2D eigenvalue weighted by molar-refractivity contribution is 0.595. The first-order valence-electron chi connectivity index (χ1n) is 5.51. The molecule has 0 aromatic heterocycles. The zero-order valence-corrected chi connectivity index (χ0v) is 12.4. The summed E-state index contributed by atoms with van der Waals surface area (Å²) in [6, 6.07) is 7.64. The van der Waals surface area contributed by atoms with E-state index in [0.29, 0.717) is 11.3 Å². The second kappa shape index (κ2) is 5.60. The van der Waals surface area contributed by atoms with Gasteiger partial charge in [0.05, 0.1) is 21.4 Å². The maximum absolute atomic E-state index is 12.9. The van der Waals surface area contributed by atoms with E-state index in [1.807, 2.05) is 0 Å². The van der Waals surface area contributed by atoms with Gasteiger partial charge in [-0.15, -0.1) is 0 Å². The van der Waals surface area contributed by atoms with Crippen molar-refractivity contribution in [3.05, 3.63) is 57.8 Å². The summed E-state index contributed by atoms with van der Waals surface area (Å²) in [5.41, 5.74) is 6.15. The van der Waals surface area contributed by atoms with Gasteiger partial charge in [-0.25, -0.2) is 12.8 Å². The highest BCUT2D eigenvalue weighted by molar-refractivity contribution is 7.90. The van der Waals surface area contributed by atoms with Crippen molar-refractivity contribution in [1.82, 2.24) is 0 Å². The Kier molecular flexibility index (Phi) is 4.22. The third-order valence-electron chi connectivity index (χ3n) is 2.69. The predicted molar refractivity (Wildman–Crippen MR) is 78.2 cm³/mol. The van der Waals surface area contributed by atoms with E-state index in [1.54, 1.807) is 0 Å². The molecule has 0 spiro atoms. The van der Waals surface area contributed by atoms with Crippen LogP contribution in [0.15, 0.2) is 41.3 Å². The first-order chi connectivity index (χ1) is 9.29. The molecular formula is C13H10Cl2FNO2S. The van der Waals surface area contributed by atoms with Crippen LogP contribution in [0.5, 0.6) is 0 Å². The van der Waals surface area contributed by atoms with Gasteiger partial charge in [0.1, 0.15) is 5.82 Å². The van der Waals surface area contributed by atoms with E-state index in [1.165, 1.54) is 24.3 Å². The van der Waals surface area contributed by atoms with Gasteiger partial charge in [-0.1, -0.05) is 29.3 Å². The van der Waals surface area contributed by atoms with Crippen molar-refractivity contribution in [1.29, 1.82) is 0 Å². The zero-order valence-electron chi connectivity index (χ0n) is 10.1. The van der Waals surface area contributed by atoms with Crippen LogP contribution < -0.4 is 5.73 Å². The third kappa shape index (κ3) is 3.23. The molecule has 2 aromatic rings. The average Bonchev–Trinajstić information content (AvgIpc) is 2.36. The minimum absolute atomic E-state index is 0.0390. The van der Waals surface area contributed by atoms with Crippen molar-refractivity contribution in [3.8, 4) is 0 Å². The summed E-state index contributed by atoms with van der Waals surface area (Å²) in [4.78, 5) is 0.0390. The van der Waals surface area contributed by atoms with Gasteiger partial charge in [-0.05, 0) is 35.9 Å². The second-order valence-electron chi connectivity index (χ2n) is 4.18. The fraction of sp³-hybridized carbons (Fsp3) is 0.0769. The largest absolute Gasteiger partial charge is 0.398 e. The summed E-state index contributed by atoms with van der Waals surface area (Å²) < 4.78 is 37.4. The Hall–Kier alpha value is -1.30. The van der Waals surface area contributed by atoms with Crippen LogP contribution in [-0.2, 0) is 15.6 Å². The van der Waals surface area contributed by atoms with Gasteiger partial charge < -0.3 is 5.73 Å². The quantitative estimate of drug-likeness (QED) is 0.871. The van der Waals surface area contributed by atoms with Crippen LogP contribution in [0, 0.1) is 5.82 Å².